The molecule has 0 aliphatic heterocycles. The summed E-state index contributed by atoms with van der Waals surface area (Å²) in [6.07, 6.45) is -1.23. The second-order valence-electron chi connectivity index (χ2n) is 0.864. The number of carboxylic acid groups (broad SMARTS) is 1. The van der Waals surface area contributed by atoms with Gasteiger partial charge in [0.05, 0.1) is 0 Å². The zero-order valence-electron chi connectivity index (χ0n) is 3.39. The Labute approximate surface area is 51.3 Å². The maximum absolute atomic E-state index is 9.45. The van der Waals surface area contributed by atoms with Gasteiger partial charge in [-0.2, -0.15) is 0 Å². The van der Waals surface area contributed by atoms with Gasteiger partial charge in [-0.05, 0) is 0 Å². The Kier molecular flexibility index (Phi) is 5.83. The molecule has 0 spiro atoms. The molecule has 0 aliphatic rings. The average molecular weight is 154 g/mol. The Hall–Kier alpha value is -0.0905. The third-order valence-electron chi connectivity index (χ3n) is 0.285. The van der Waals surface area contributed by atoms with Crippen LogP contribution in [-0.4, -0.2) is 17.2 Å². The van der Waals surface area contributed by atoms with Crippen molar-refractivity contribution in [1.82, 2.24) is 0 Å². The van der Waals surface area contributed by atoms with Crippen molar-refractivity contribution in [2.75, 3.05) is 0 Å². The Balaban J connectivity index is 0. The second-order valence-corrected chi connectivity index (χ2v) is 0.864. The normalized spacial score (nSPS) is 7.86. The largest absolute Gasteiger partial charge is 0.479 e. The summed E-state index contributed by atoms with van der Waals surface area (Å²) >= 11 is 0. The minimum absolute atomic E-state index is 0. The van der Waals surface area contributed by atoms with Gasteiger partial charge >= 0.3 is 5.97 Å². The van der Waals surface area contributed by atoms with Crippen molar-refractivity contribution in [2.24, 2.45) is 11.5 Å². The summed E-state index contributed by atoms with van der Waals surface area (Å²) in [6, 6.07) is 0. The molecule has 4 nitrogen and oxygen atoms in total. The van der Waals surface area contributed by atoms with Gasteiger partial charge in [0.15, 0.2) is 6.17 Å². The van der Waals surface area contributed by atoms with E-state index in [9.17, 15) is 4.79 Å². The first-order valence-corrected chi connectivity index (χ1v) is 1.38. The molecule has 0 unspecified atom stereocenters. The van der Waals surface area contributed by atoms with Crippen LogP contribution in [0.5, 0.6) is 0 Å². The number of hydrogen-bond donors (Lipinski definition) is 3. The van der Waals surface area contributed by atoms with E-state index in [1.807, 2.05) is 0 Å². The van der Waals surface area contributed by atoms with Gasteiger partial charge in [0.25, 0.3) is 0 Å². The summed E-state index contributed by atoms with van der Waals surface area (Å²) in [6.45, 7) is 0. The van der Waals surface area contributed by atoms with Crippen molar-refractivity contribution in [3.8, 4) is 0 Å². The number of carboxylic acids is 1. The third-order valence-corrected chi connectivity index (χ3v) is 0.285. The predicted octanol–water partition coefficient (Wildman–Crippen LogP) is -1.69. The maximum Gasteiger partial charge on any atom is 0.335 e. The Morgan fingerprint density at radius 2 is 1.71 bits per heavy atom. The van der Waals surface area contributed by atoms with Gasteiger partial charge in [0, 0.05) is 17.1 Å². The van der Waals surface area contributed by atoms with Crippen molar-refractivity contribution in [2.45, 2.75) is 6.17 Å². The number of hydrogen-bond acceptors (Lipinski definition) is 3. The maximum atomic E-state index is 9.45. The molecular formula is C2H6CuN2O2. The fourth-order valence-corrected chi connectivity index (χ4v) is 0. The van der Waals surface area contributed by atoms with Gasteiger partial charge in [-0.25, -0.2) is 4.79 Å². The van der Waals surface area contributed by atoms with E-state index in [1.54, 1.807) is 0 Å². The van der Waals surface area contributed by atoms with Gasteiger partial charge in [-0.3, -0.25) is 0 Å². The van der Waals surface area contributed by atoms with E-state index in [0.717, 1.165) is 0 Å². The van der Waals surface area contributed by atoms with E-state index in [0.29, 0.717) is 0 Å². The van der Waals surface area contributed by atoms with Crippen LogP contribution in [0, 0.1) is 0 Å². The van der Waals surface area contributed by atoms with Crippen LogP contribution in [0.3, 0.4) is 0 Å². The van der Waals surface area contributed by atoms with Gasteiger partial charge in [0.1, 0.15) is 0 Å². The molecule has 0 saturated carbocycles. The summed E-state index contributed by atoms with van der Waals surface area (Å²) in [4.78, 5) is 9.45. The molecule has 0 fully saturated rings. The Morgan fingerprint density at radius 1 is 1.57 bits per heavy atom. The predicted molar refractivity (Wildman–Crippen MR) is 19.8 cm³/mol. The Bertz CT molecular complexity index is 64.7. The van der Waals surface area contributed by atoms with Crippen LogP contribution in [0.15, 0.2) is 0 Å². The first kappa shape index (κ1) is 10.0. The SMILES string of the molecule is NC(N)C(=O)O.[Cu]. The first-order chi connectivity index (χ1) is 2.64. The van der Waals surface area contributed by atoms with E-state index in [4.69, 9.17) is 5.11 Å². The summed E-state index contributed by atoms with van der Waals surface area (Å²) in [5.74, 6) is -1.19. The van der Waals surface area contributed by atoms with E-state index in [1.165, 1.54) is 0 Å². The molecule has 0 heterocycles. The zero-order chi connectivity index (χ0) is 5.15. The summed E-state index contributed by atoms with van der Waals surface area (Å²) in [5.41, 5.74) is 9.23. The molecule has 0 amide bonds. The van der Waals surface area contributed by atoms with Crippen LogP contribution < -0.4 is 11.5 Å². The monoisotopic (exact) mass is 153 g/mol. The molecule has 0 aliphatic carbocycles. The smallest absolute Gasteiger partial charge is 0.335 e. The molecule has 0 aromatic heterocycles. The number of aliphatic carboxylic acids is 1. The van der Waals surface area contributed by atoms with Crippen LogP contribution in [0.2, 0.25) is 0 Å². The topological polar surface area (TPSA) is 89.3 Å². The van der Waals surface area contributed by atoms with Crippen molar-refractivity contribution in [3.63, 3.8) is 0 Å². The van der Waals surface area contributed by atoms with E-state index in [-0.39, 0.29) is 17.1 Å². The molecule has 47 valence electrons. The zero-order valence-corrected chi connectivity index (χ0v) is 4.33. The van der Waals surface area contributed by atoms with Crippen molar-refractivity contribution >= 4 is 5.97 Å². The molecule has 5 heteroatoms. The van der Waals surface area contributed by atoms with Gasteiger partial charge in [-0.1, -0.05) is 0 Å². The minimum Gasteiger partial charge on any atom is -0.479 e. The van der Waals surface area contributed by atoms with E-state index >= 15 is 0 Å². The van der Waals surface area contributed by atoms with Gasteiger partial charge in [0.2, 0.25) is 0 Å². The van der Waals surface area contributed by atoms with Crippen LogP contribution >= 0.6 is 0 Å². The summed E-state index contributed by atoms with van der Waals surface area (Å²) in [7, 11) is 0. The van der Waals surface area contributed by atoms with Crippen LogP contribution in [0.25, 0.3) is 0 Å². The summed E-state index contributed by atoms with van der Waals surface area (Å²) in [5, 5.41) is 7.74. The van der Waals surface area contributed by atoms with Gasteiger partial charge in [-0.15, -0.1) is 0 Å². The minimum atomic E-state index is -1.23. The average Bonchev–Trinajstić information content (AvgIpc) is 1.36. The number of carbonyl (C=O) groups is 1. The number of nitrogens with two attached hydrogens (primary N) is 2. The molecule has 0 rings (SSSR count). The van der Waals surface area contributed by atoms with E-state index in [2.05, 4.69) is 11.5 Å². The fraction of sp³-hybridized carbons (Fsp3) is 0.500. The quantitative estimate of drug-likeness (QED) is 0.310. The molecule has 0 bridgehead atoms. The molecule has 0 aromatic rings. The molecule has 1 radical (unpaired) electrons. The van der Waals surface area contributed by atoms with Crippen LogP contribution in [0.1, 0.15) is 0 Å². The van der Waals surface area contributed by atoms with Crippen molar-refractivity contribution < 1.29 is 27.0 Å². The van der Waals surface area contributed by atoms with Gasteiger partial charge < -0.3 is 16.6 Å². The van der Waals surface area contributed by atoms with Crippen LogP contribution in [0.4, 0.5) is 0 Å². The molecule has 7 heavy (non-hydrogen) atoms. The van der Waals surface area contributed by atoms with E-state index < -0.39 is 12.1 Å². The van der Waals surface area contributed by atoms with Crippen molar-refractivity contribution in [1.29, 1.82) is 0 Å². The molecule has 0 aromatic carbocycles. The van der Waals surface area contributed by atoms with Crippen LogP contribution in [-0.2, 0) is 21.9 Å². The first-order valence-electron chi connectivity index (χ1n) is 1.38. The number of rotatable bonds is 1. The third kappa shape index (κ3) is 5.91. The second kappa shape index (κ2) is 4.08. The molecule has 5 N–H and O–H groups in total. The van der Waals surface area contributed by atoms with Crippen molar-refractivity contribution in [3.05, 3.63) is 0 Å². The standard InChI is InChI=1S/C2H6N2O2.Cu/c3-1(4)2(5)6;/h1H,3-4H2,(H,5,6);. The summed E-state index contributed by atoms with van der Waals surface area (Å²) < 4.78 is 0. The Morgan fingerprint density at radius 3 is 1.71 bits per heavy atom. The fourth-order valence-electron chi connectivity index (χ4n) is 0. The molecule has 0 saturated heterocycles. The molecule has 0 atom stereocenters. The molecular weight excluding hydrogens is 148 g/mol.